The smallest absolute Gasteiger partial charge is 0.230 e. The average molecular weight is 271 g/mol. The summed E-state index contributed by atoms with van der Waals surface area (Å²) in [4.78, 5) is 11.5. The summed E-state index contributed by atoms with van der Waals surface area (Å²) in [5.41, 5.74) is 7.47. The first-order chi connectivity index (χ1) is 8.54. The van der Waals surface area contributed by atoms with E-state index >= 15 is 0 Å². The predicted octanol–water partition coefficient (Wildman–Crippen LogP) is 1.24. The Kier molecular flexibility index (Phi) is 6.21. The van der Waals surface area contributed by atoms with Crippen LogP contribution < -0.4 is 11.1 Å². The van der Waals surface area contributed by atoms with Gasteiger partial charge in [-0.2, -0.15) is 0 Å². The van der Waals surface area contributed by atoms with Crippen molar-refractivity contribution >= 4 is 17.7 Å². The molecule has 3 N–H and O–H groups in total. The van der Waals surface area contributed by atoms with Gasteiger partial charge in [0.15, 0.2) is 0 Å². The van der Waals surface area contributed by atoms with Crippen LogP contribution in [0.3, 0.4) is 0 Å². The number of carbonyl (C=O) groups is 1. The fraction of sp³-hybridized carbons (Fsp3) is 0.667. The van der Waals surface area contributed by atoms with Crippen LogP contribution >= 0.6 is 11.8 Å². The van der Waals surface area contributed by atoms with Crippen LogP contribution in [0.5, 0.6) is 0 Å². The summed E-state index contributed by atoms with van der Waals surface area (Å²) in [6, 6.07) is 0. The second-order valence-corrected chi connectivity index (χ2v) is 5.43. The van der Waals surface area contributed by atoms with Gasteiger partial charge in [-0.15, -0.1) is 11.8 Å². The Bertz CT molecular complexity index is 373. The van der Waals surface area contributed by atoms with E-state index in [9.17, 15) is 4.79 Å². The molecule has 1 rings (SSSR count). The lowest BCUT2D eigenvalue weighted by Crippen LogP contribution is -2.32. The fourth-order valence-corrected chi connectivity index (χ4v) is 2.38. The van der Waals surface area contributed by atoms with Gasteiger partial charge in [0.2, 0.25) is 5.91 Å². The topological polar surface area (TPSA) is 81.2 Å². The quantitative estimate of drug-likeness (QED) is 0.779. The summed E-state index contributed by atoms with van der Waals surface area (Å²) in [7, 11) is 0. The van der Waals surface area contributed by atoms with Gasteiger partial charge in [0.25, 0.3) is 0 Å². The van der Waals surface area contributed by atoms with Gasteiger partial charge < -0.3 is 15.6 Å². The van der Waals surface area contributed by atoms with Gasteiger partial charge in [-0.05, 0) is 26.3 Å². The molecule has 1 heterocycles. The molecule has 6 heteroatoms. The maximum absolute atomic E-state index is 11.5. The Morgan fingerprint density at radius 2 is 2.28 bits per heavy atom. The number of hydrogen-bond acceptors (Lipinski definition) is 5. The van der Waals surface area contributed by atoms with Gasteiger partial charge in [0, 0.05) is 17.9 Å². The van der Waals surface area contributed by atoms with E-state index in [-0.39, 0.29) is 5.91 Å². The highest BCUT2D eigenvalue weighted by atomic mass is 32.2. The van der Waals surface area contributed by atoms with Crippen LogP contribution in [-0.2, 0) is 10.5 Å². The molecule has 102 valence electrons. The second kappa shape index (κ2) is 7.43. The molecule has 0 aromatic carbocycles. The van der Waals surface area contributed by atoms with Gasteiger partial charge in [-0.3, -0.25) is 4.79 Å². The molecule has 0 radical (unpaired) electrons. The largest absolute Gasteiger partial charge is 0.361 e. The minimum atomic E-state index is 0.0482. The lowest BCUT2D eigenvalue weighted by molar-refractivity contribution is -0.118. The number of rotatable bonds is 7. The van der Waals surface area contributed by atoms with Gasteiger partial charge in [0.05, 0.1) is 11.4 Å². The Morgan fingerprint density at radius 1 is 1.56 bits per heavy atom. The molecule has 1 amide bonds. The molecule has 5 nitrogen and oxygen atoms in total. The Morgan fingerprint density at radius 3 is 2.83 bits per heavy atom. The Balaban J connectivity index is 2.24. The summed E-state index contributed by atoms with van der Waals surface area (Å²) < 4.78 is 5.07. The van der Waals surface area contributed by atoms with Crippen molar-refractivity contribution in [2.45, 2.75) is 26.5 Å². The molecule has 1 unspecified atom stereocenters. The van der Waals surface area contributed by atoms with Gasteiger partial charge in [-0.25, -0.2) is 0 Å². The van der Waals surface area contributed by atoms with E-state index in [0.717, 1.165) is 22.8 Å². The lowest BCUT2D eigenvalue weighted by Gasteiger charge is -2.09. The summed E-state index contributed by atoms with van der Waals surface area (Å²) in [6.07, 6.45) is 0. The number of thioether (sulfide) groups is 1. The average Bonchev–Trinajstić information content (AvgIpc) is 2.67. The predicted molar refractivity (Wildman–Crippen MR) is 73.4 cm³/mol. The van der Waals surface area contributed by atoms with Crippen molar-refractivity contribution in [3.8, 4) is 0 Å². The van der Waals surface area contributed by atoms with Crippen molar-refractivity contribution in [3.63, 3.8) is 0 Å². The van der Waals surface area contributed by atoms with Crippen LogP contribution in [0, 0.1) is 19.8 Å². The molecule has 0 aliphatic carbocycles. The highest BCUT2D eigenvalue weighted by Gasteiger charge is 2.10. The van der Waals surface area contributed by atoms with E-state index in [2.05, 4.69) is 10.5 Å². The SMILES string of the molecule is Cc1noc(C)c1CSCC(=O)NCC(C)CN. The molecule has 1 aromatic heterocycles. The first-order valence-corrected chi connectivity index (χ1v) is 7.16. The summed E-state index contributed by atoms with van der Waals surface area (Å²) in [6.45, 7) is 7.04. The molecule has 0 aliphatic rings. The summed E-state index contributed by atoms with van der Waals surface area (Å²) in [5.74, 6) is 2.40. The standard InChI is InChI=1S/C12H21N3O2S/c1-8(4-13)5-14-12(16)7-18-6-11-9(2)15-17-10(11)3/h8H,4-7,13H2,1-3H3,(H,14,16). The van der Waals surface area contributed by atoms with Crippen LogP contribution in [0.2, 0.25) is 0 Å². The van der Waals surface area contributed by atoms with E-state index in [0.29, 0.717) is 24.8 Å². The molecule has 1 aromatic rings. The third kappa shape index (κ3) is 4.70. The Labute approximate surface area is 112 Å². The maximum Gasteiger partial charge on any atom is 0.230 e. The molecule has 0 saturated carbocycles. The van der Waals surface area contributed by atoms with Crippen molar-refractivity contribution in [1.82, 2.24) is 10.5 Å². The number of hydrogen-bond donors (Lipinski definition) is 2. The number of amides is 1. The van der Waals surface area contributed by atoms with Gasteiger partial charge in [0.1, 0.15) is 5.76 Å². The normalized spacial score (nSPS) is 12.4. The number of aromatic nitrogens is 1. The molecule has 1 atom stereocenters. The van der Waals surface area contributed by atoms with Crippen LogP contribution in [0.25, 0.3) is 0 Å². The lowest BCUT2D eigenvalue weighted by atomic mass is 10.2. The number of carbonyl (C=O) groups excluding carboxylic acids is 1. The fourth-order valence-electron chi connectivity index (χ4n) is 1.38. The van der Waals surface area contributed by atoms with Crippen molar-refractivity contribution in [3.05, 3.63) is 17.0 Å². The molecule has 0 fully saturated rings. The molecule has 0 aliphatic heterocycles. The molecular formula is C12H21N3O2S. The first kappa shape index (κ1) is 15.0. The van der Waals surface area contributed by atoms with Crippen LogP contribution in [0.4, 0.5) is 0 Å². The zero-order valence-electron chi connectivity index (χ0n) is 11.2. The van der Waals surface area contributed by atoms with Gasteiger partial charge in [-0.1, -0.05) is 12.1 Å². The number of nitrogens with two attached hydrogens (primary N) is 1. The highest BCUT2D eigenvalue weighted by molar-refractivity contribution is 7.99. The Hall–Kier alpha value is -1.01. The van der Waals surface area contributed by atoms with E-state index in [4.69, 9.17) is 10.3 Å². The third-order valence-electron chi connectivity index (χ3n) is 2.71. The monoisotopic (exact) mass is 271 g/mol. The summed E-state index contributed by atoms with van der Waals surface area (Å²) >= 11 is 1.56. The number of nitrogens with one attached hydrogen (secondary N) is 1. The molecule has 0 saturated heterocycles. The molecular weight excluding hydrogens is 250 g/mol. The van der Waals surface area contributed by atoms with Crippen LogP contribution in [0.1, 0.15) is 23.9 Å². The minimum Gasteiger partial charge on any atom is -0.361 e. The van der Waals surface area contributed by atoms with Crippen molar-refractivity contribution in [1.29, 1.82) is 0 Å². The number of aryl methyl sites for hydroxylation is 2. The van der Waals surface area contributed by atoms with Crippen molar-refractivity contribution in [2.24, 2.45) is 11.7 Å². The van der Waals surface area contributed by atoms with E-state index < -0.39 is 0 Å². The van der Waals surface area contributed by atoms with Crippen LogP contribution in [0.15, 0.2) is 4.52 Å². The van der Waals surface area contributed by atoms with Crippen LogP contribution in [-0.4, -0.2) is 29.9 Å². The third-order valence-corrected chi connectivity index (χ3v) is 3.67. The molecule has 0 bridgehead atoms. The first-order valence-electron chi connectivity index (χ1n) is 6.00. The zero-order chi connectivity index (χ0) is 13.5. The zero-order valence-corrected chi connectivity index (χ0v) is 12.0. The maximum atomic E-state index is 11.5. The van der Waals surface area contributed by atoms with Crippen molar-refractivity contribution in [2.75, 3.05) is 18.8 Å². The minimum absolute atomic E-state index is 0.0482. The van der Waals surface area contributed by atoms with E-state index in [1.807, 2.05) is 20.8 Å². The van der Waals surface area contributed by atoms with Crippen molar-refractivity contribution < 1.29 is 9.32 Å². The molecule has 0 spiro atoms. The second-order valence-electron chi connectivity index (χ2n) is 4.44. The van der Waals surface area contributed by atoms with Gasteiger partial charge >= 0.3 is 0 Å². The number of nitrogens with zero attached hydrogens (tertiary/aromatic N) is 1. The molecule has 18 heavy (non-hydrogen) atoms. The summed E-state index contributed by atoms with van der Waals surface area (Å²) in [5, 5.41) is 6.75. The highest BCUT2D eigenvalue weighted by Crippen LogP contribution is 2.19. The van der Waals surface area contributed by atoms with E-state index in [1.54, 1.807) is 11.8 Å². The van der Waals surface area contributed by atoms with E-state index in [1.165, 1.54) is 0 Å².